The third-order valence-electron chi connectivity index (χ3n) is 4.07. The van der Waals surface area contributed by atoms with Crippen molar-refractivity contribution < 1.29 is 5.11 Å². The second-order valence-electron chi connectivity index (χ2n) is 5.78. The standard InChI is InChI=1S/C18H22N2O/c1-3-6-16-10-14(12-21)11-18(19-16)20-13(2)9-15-7-4-5-8-17(15)20/h4-5,7-8,10-11,13,21H,3,6,9,12H2,1-2H3. The minimum atomic E-state index is 0.0656. The van der Waals surface area contributed by atoms with Crippen molar-refractivity contribution in [1.82, 2.24) is 4.98 Å². The average Bonchev–Trinajstić information content (AvgIpc) is 2.83. The smallest absolute Gasteiger partial charge is 0.133 e. The summed E-state index contributed by atoms with van der Waals surface area (Å²) in [5, 5.41) is 9.51. The van der Waals surface area contributed by atoms with Gasteiger partial charge in [-0.2, -0.15) is 0 Å². The van der Waals surface area contributed by atoms with Gasteiger partial charge in [0, 0.05) is 17.4 Å². The molecule has 0 aliphatic carbocycles. The number of pyridine rings is 1. The second kappa shape index (κ2) is 5.86. The van der Waals surface area contributed by atoms with Crippen LogP contribution in [0.2, 0.25) is 0 Å². The van der Waals surface area contributed by atoms with Crippen LogP contribution in [-0.2, 0) is 19.4 Å². The number of aromatic nitrogens is 1. The number of hydrogen-bond donors (Lipinski definition) is 1. The van der Waals surface area contributed by atoms with Gasteiger partial charge in [-0.1, -0.05) is 31.5 Å². The van der Waals surface area contributed by atoms with Gasteiger partial charge in [-0.05, 0) is 49.1 Å². The van der Waals surface area contributed by atoms with E-state index >= 15 is 0 Å². The molecule has 1 aliphatic rings. The first-order valence-electron chi connectivity index (χ1n) is 7.70. The Morgan fingerprint density at radius 3 is 2.86 bits per heavy atom. The lowest BCUT2D eigenvalue weighted by Gasteiger charge is -2.25. The van der Waals surface area contributed by atoms with Gasteiger partial charge in [-0.25, -0.2) is 4.98 Å². The fourth-order valence-electron chi connectivity index (χ4n) is 3.15. The number of aryl methyl sites for hydroxylation is 1. The largest absolute Gasteiger partial charge is 0.392 e. The highest BCUT2D eigenvalue weighted by atomic mass is 16.3. The number of aliphatic hydroxyl groups is 1. The van der Waals surface area contributed by atoms with E-state index in [1.165, 1.54) is 11.3 Å². The van der Waals surface area contributed by atoms with Crippen LogP contribution in [0.15, 0.2) is 36.4 Å². The summed E-state index contributed by atoms with van der Waals surface area (Å²) in [5.74, 6) is 0.961. The van der Waals surface area contributed by atoms with Crippen molar-refractivity contribution in [1.29, 1.82) is 0 Å². The maximum Gasteiger partial charge on any atom is 0.133 e. The molecule has 1 aromatic carbocycles. The van der Waals surface area contributed by atoms with E-state index in [4.69, 9.17) is 4.98 Å². The molecule has 0 saturated carbocycles. The molecular formula is C18H22N2O. The summed E-state index contributed by atoms with van der Waals surface area (Å²) in [4.78, 5) is 7.12. The predicted octanol–water partition coefficient (Wildman–Crippen LogP) is 3.61. The summed E-state index contributed by atoms with van der Waals surface area (Å²) in [5.41, 5.74) is 4.63. The molecule has 2 aromatic rings. The molecular weight excluding hydrogens is 260 g/mol. The Bertz CT molecular complexity index is 639. The van der Waals surface area contributed by atoms with E-state index in [2.05, 4.69) is 43.0 Å². The van der Waals surface area contributed by atoms with Crippen LogP contribution in [-0.4, -0.2) is 16.1 Å². The molecule has 0 fully saturated rings. The van der Waals surface area contributed by atoms with Crippen LogP contribution in [0.3, 0.4) is 0 Å². The third kappa shape index (κ3) is 2.66. The molecule has 3 rings (SSSR count). The van der Waals surface area contributed by atoms with Crippen molar-refractivity contribution in [2.24, 2.45) is 0 Å². The number of nitrogens with zero attached hydrogens (tertiary/aromatic N) is 2. The van der Waals surface area contributed by atoms with Crippen molar-refractivity contribution >= 4 is 11.5 Å². The van der Waals surface area contributed by atoms with Crippen LogP contribution in [0.1, 0.15) is 37.1 Å². The van der Waals surface area contributed by atoms with Gasteiger partial charge in [0.2, 0.25) is 0 Å². The van der Waals surface area contributed by atoms with Crippen LogP contribution >= 0.6 is 0 Å². The normalized spacial score (nSPS) is 17.1. The van der Waals surface area contributed by atoms with Crippen LogP contribution in [0.4, 0.5) is 11.5 Å². The SMILES string of the molecule is CCCc1cc(CO)cc(N2c3ccccc3CC2C)n1. The Labute approximate surface area is 126 Å². The molecule has 0 spiro atoms. The zero-order valence-corrected chi connectivity index (χ0v) is 12.7. The van der Waals surface area contributed by atoms with Gasteiger partial charge in [-0.3, -0.25) is 0 Å². The molecule has 21 heavy (non-hydrogen) atoms. The van der Waals surface area contributed by atoms with Gasteiger partial charge in [0.25, 0.3) is 0 Å². The first-order valence-corrected chi connectivity index (χ1v) is 7.70. The maximum absolute atomic E-state index is 9.51. The second-order valence-corrected chi connectivity index (χ2v) is 5.78. The van der Waals surface area contributed by atoms with Gasteiger partial charge >= 0.3 is 0 Å². The summed E-state index contributed by atoms with van der Waals surface area (Å²) in [6.07, 6.45) is 3.06. The van der Waals surface area contributed by atoms with E-state index in [1.54, 1.807) is 0 Å². The number of hydrogen-bond acceptors (Lipinski definition) is 3. The molecule has 0 amide bonds. The summed E-state index contributed by atoms with van der Waals surface area (Å²) >= 11 is 0. The number of para-hydroxylation sites is 1. The van der Waals surface area contributed by atoms with Crippen molar-refractivity contribution in [3.63, 3.8) is 0 Å². The van der Waals surface area contributed by atoms with Crippen molar-refractivity contribution in [3.8, 4) is 0 Å². The van der Waals surface area contributed by atoms with Crippen LogP contribution in [0.5, 0.6) is 0 Å². The number of anilines is 2. The Balaban J connectivity index is 2.05. The Hall–Kier alpha value is -1.87. The molecule has 0 bridgehead atoms. The molecule has 3 heteroatoms. The topological polar surface area (TPSA) is 36.4 Å². The van der Waals surface area contributed by atoms with E-state index in [1.807, 2.05) is 12.1 Å². The molecule has 3 nitrogen and oxygen atoms in total. The molecule has 1 N–H and O–H groups in total. The Morgan fingerprint density at radius 1 is 1.29 bits per heavy atom. The van der Waals surface area contributed by atoms with Crippen LogP contribution in [0.25, 0.3) is 0 Å². The van der Waals surface area contributed by atoms with Gasteiger partial charge in [0.1, 0.15) is 5.82 Å². The van der Waals surface area contributed by atoms with Crippen LogP contribution in [0, 0.1) is 0 Å². The summed E-state index contributed by atoms with van der Waals surface area (Å²) in [6, 6.07) is 12.9. The highest BCUT2D eigenvalue weighted by Gasteiger charge is 2.27. The Kier molecular flexibility index (Phi) is 3.93. The molecule has 2 heterocycles. The molecule has 0 saturated heterocycles. The highest BCUT2D eigenvalue weighted by Crippen LogP contribution is 2.37. The fraction of sp³-hybridized carbons (Fsp3) is 0.389. The van der Waals surface area contributed by atoms with E-state index in [0.717, 1.165) is 36.3 Å². The minimum absolute atomic E-state index is 0.0656. The molecule has 0 radical (unpaired) electrons. The lowest BCUT2D eigenvalue weighted by molar-refractivity contribution is 0.281. The first-order chi connectivity index (χ1) is 10.2. The van der Waals surface area contributed by atoms with Crippen molar-refractivity contribution in [2.75, 3.05) is 4.90 Å². The zero-order valence-electron chi connectivity index (χ0n) is 12.7. The minimum Gasteiger partial charge on any atom is -0.392 e. The molecule has 1 atom stereocenters. The van der Waals surface area contributed by atoms with Crippen LogP contribution < -0.4 is 4.90 Å². The average molecular weight is 282 g/mol. The van der Waals surface area contributed by atoms with E-state index in [-0.39, 0.29) is 6.61 Å². The van der Waals surface area contributed by atoms with E-state index in [0.29, 0.717) is 6.04 Å². The monoisotopic (exact) mass is 282 g/mol. The molecule has 1 aliphatic heterocycles. The van der Waals surface area contributed by atoms with Crippen molar-refractivity contribution in [3.05, 3.63) is 53.2 Å². The number of aliphatic hydroxyl groups excluding tert-OH is 1. The summed E-state index contributed by atoms with van der Waals surface area (Å²) in [7, 11) is 0. The van der Waals surface area contributed by atoms with E-state index < -0.39 is 0 Å². The number of benzene rings is 1. The highest BCUT2D eigenvalue weighted by molar-refractivity contribution is 5.69. The zero-order chi connectivity index (χ0) is 14.8. The van der Waals surface area contributed by atoms with Gasteiger partial charge in [0.15, 0.2) is 0 Å². The quantitative estimate of drug-likeness (QED) is 0.930. The predicted molar refractivity (Wildman–Crippen MR) is 85.9 cm³/mol. The summed E-state index contributed by atoms with van der Waals surface area (Å²) in [6.45, 7) is 4.45. The molecule has 110 valence electrons. The maximum atomic E-state index is 9.51. The molecule has 1 unspecified atom stereocenters. The fourth-order valence-corrected chi connectivity index (χ4v) is 3.15. The lowest BCUT2D eigenvalue weighted by atomic mass is 10.1. The Morgan fingerprint density at radius 2 is 2.10 bits per heavy atom. The molecule has 1 aromatic heterocycles. The first kappa shape index (κ1) is 14.1. The van der Waals surface area contributed by atoms with Gasteiger partial charge < -0.3 is 10.0 Å². The summed E-state index contributed by atoms with van der Waals surface area (Å²) < 4.78 is 0. The third-order valence-corrected chi connectivity index (χ3v) is 4.07. The number of fused-ring (bicyclic) bond motifs is 1. The van der Waals surface area contributed by atoms with Crippen molar-refractivity contribution in [2.45, 2.75) is 45.8 Å². The number of rotatable bonds is 4. The van der Waals surface area contributed by atoms with E-state index in [9.17, 15) is 5.11 Å². The lowest BCUT2D eigenvalue weighted by Crippen LogP contribution is -2.25. The van der Waals surface area contributed by atoms with Gasteiger partial charge in [0.05, 0.1) is 6.61 Å². The van der Waals surface area contributed by atoms with Gasteiger partial charge in [-0.15, -0.1) is 0 Å².